The number of carbonyl (C=O) groups excluding carboxylic acids is 1. The topological polar surface area (TPSA) is 69.7 Å². The number of halogens is 1. The van der Waals surface area contributed by atoms with E-state index in [1.165, 1.54) is 24.7 Å². The Kier molecular flexibility index (Phi) is 5.99. The lowest BCUT2D eigenvalue weighted by atomic mass is 10.1. The zero-order chi connectivity index (χ0) is 18.7. The number of nitrogens with zero attached hydrogens (tertiary/aromatic N) is 2. The van der Waals surface area contributed by atoms with Gasteiger partial charge < -0.3 is 4.90 Å². The summed E-state index contributed by atoms with van der Waals surface area (Å²) in [4.78, 5) is 16.7. The quantitative estimate of drug-likeness (QED) is 0.816. The SMILES string of the molecule is CNS(=O)(=O)c1cc(C(=O)N2CCN(Cc3ccsc3)CC2)ccc1Cl. The largest absolute Gasteiger partial charge is 0.336 e. The maximum absolute atomic E-state index is 12.8. The standard InChI is InChI=1S/C17H20ClN3O3S2/c1-19-26(23,24)16-10-14(2-3-15(16)18)17(22)21-7-5-20(6-8-21)11-13-4-9-25-12-13/h2-4,9-10,12,19H,5-8,11H2,1H3. The van der Waals surface area contributed by atoms with Crippen LogP contribution in [0.5, 0.6) is 0 Å². The number of piperazine rings is 1. The molecular formula is C17H20ClN3O3S2. The third-order valence-electron chi connectivity index (χ3n) is 4.38. The van der Waals surface area contributed by atoms with Crippen molar-refractivity contribution < 1.29 is 13.2 Å². The zero-order valence-corrected chi connectivity index (χ0v) is 16.7. The molecule has 1 fully saturated rings. The smallest absolute Gasteiger partial charge is 0.253 e. The number of rotatable bonds is 5. The van der Waals surface area contributed by atoms with Crippen molar-refractivity contribution in [1.82, 2.24) is 14.5 Å². The van der Waals surface area contributed by atoms with Crippen molar-refractivity contribution >= 4 is 38.9 Å². The fourth-order valence-corrected chi connectivity index (χ4v) is 4.79. The van der Waals surface area contributed by atoms with Gasteiger partial charge in [0.1, 0.15) is 4.90 Å². The van der Waals surface area contributed by atoms with Crippen LogP contribution in [-0.2, 0) is 16.6 Å². The van der Waals surface area contributed by atoms with E-state index in [-0.39, 0.29) is 15.8 Å². The molecule has 3 rings (SSSR count). The van der Waals surface area contributed by atoms with Crippen LogP contribution in [0.1, 0.15) is 15.9 Å². The fourth-order valence-electron chi connectivity index (χ4n) is 2.88. The van der Waals surface area contributed by atoms with Gasteiger partial charge in [-0.3, -0.25) is 9.69 Å². The van der Waals surface area contributed by atoms with Crippen molar-refractivity contribution in [2.24, 2.45) is 0 Å². The van der Waals surface area contributed by atoms with Crippen molar-refractivity contribution in [2.45, 2.75) is 11.4 Å². The first-order valence-corrected chi connectivity index (χ1v) is 11.0. The molecule has 0 aliphatic carbocycles. The summed E-state index contributed by atoms with van der Waals surface area (Å²) >= 11 is 7.67. The van der Waals surface area contributed by atoms with E-state index < -0.39 is 10.0 Å². The van der Waals surface area contributed by atoms with Crippen LogP contribution in [0.25, 0.3) is 0 Å². The minimum Gasteiger partial charge on any atom is -0.336 e. The van der Waals surface area contributed by atoms with Crippen molar-refractivity contribution in [3.05, 3.63) is 51.2 Å². The number of thiophene rings is 1. The predicted molar refractivity (Wildman–Crippen MR) is 103 cm³/mol. The molecule has 1 amide bonds. The molecule has 2 heterocycles. The Labute approximate surface area is 162 Å². The number of carbonyl (C=O) groups is 1. The molecule has 140 valence electrons. The number of sulfonamides is 1. The molecular weight excluding hydrogens is 394 g/mol. The molecule has 1 N–H and O–H groups in total. The lowest BCUT2D eigenvalue weighted by molar-refractivity contribution is 0.0628. The molecule has 0 bridgehead atoms. The predicted octanol–water partition coefficient (Wildman–Crippen LogP) is 2.27. The second kappa shape index (κ2) is 8.06. The van der Waals surface area contributed by atoms with E-state index in [2.05, 4.69) is 26.4 Å². The van der Waals surface area contributed by atoms with E-state index >= 15 is 0 Å². The Bertz CT molecular complexity index is 877. The van der Waals surface area contributed by atoms with Gasteiger partial charge in [0.25, 0.3) is 5.91 Å². The Morgan fingerprint density at radius 3 is 2.58 bits per heavy atom. The van der Waals surface area contributed by atoms with E-state index in [1.807, 2.05) is 0 Å². The van der Waals surface area contributed by atoms with Crippen LogP contribution in [-0.4, -0.2) is 57.4 Å². The highest BCUT2D eigenvalue weighted by atomic mass is 35.5. The highest BCUT2D eigenvalue weighted by Gasteiger charge is 2.24. The first kappa shape index (κ1) is 19.3. The summed E-state index contributed by atoms with van der Waals surface area (Å²) in [6.07, 6.45) is 0. The van der Waals surface area contributed by atoms with Gasteiger partial charge in [-0.15, -0.1) is 0 Å². The molecule has 0 unspecified atom stereocenters. The molecule has 1 saturated heterocycles. The summed E-state index contributed by atoms with van der Waals surface area (Å²) in [5, 5.41) is 4.29. The minimum absolute atomic E-state index is 0.0800. The second-order valence-electron chi connectivity index (χ2n) is 6.05. The van der Waals surface area contributed by atoms with Crippen molar-refractivity contribution in [3.8, 4) is 0 Å². The molecule has 0 atom stereocenters. The van der Waals surface area contributed by atoms with Gasteiger partial charge in [-0.1, -0.05) is 11.6 Å². The van der Waals surface area contributed by atoms with E-state index in [9.17, 15) is 13.2 Å². The van der Waals surface area contributed by atoms with Gasteiger partial charge in [0.15, 0.2) is 0 Å². The summed E-state index contributed by atoms with van der Waals surface area (Å²) in [6.45, 7) is 3.68. The maximum atomic E-state index is 12.8. The summed E-state index contributed by atoms with van der Waals surface area (Å²) < 4.78 is 26.3. The number of amides is 1. The van der Waals surface area contributed by atoms with Crippen LogP contribution in [0, 0.1) is 0 Å². The molecule has 26 heavy (non-hydrogen) atoms. The van der Waals surface area contributed by atoms with Gasteiger partial charge >= 0.3 is 0 Å². The molecule has 0 saturated carbocycles. The number of hydrogen-bond donors (Lipinski definition) is 1. The van der Waals surface area contributed by atoms with Crippen LogP contribution in [0.2, 0.25) is 5.02 Å². The van der Waals surface area contributed by atoms with E-state index in [4.69, 9.17) is 11.6 Å². The Hall–Kier alpha value is -1.45. The first-order chi connectivity index (χ1) is 12.4. The molecule has 1 aromatic carbocycles. The average molecular weight is 414 g/mol. The number of nitrogens with one attached hydrogen (secondary N) is 1. The van der Waals surface area contributed by atoms with Crippen molar-refractivity contribution in [1.29, 1.82) is 0 Å². The molecule has 9 heteroatoms. The van der Waals surface area contributed by atoms with E-state index in [0.29, 0.717) is 18.7 Å². The monoisotopic (exact) mass is 413 g/mol. The Morgan fingerprint density at radius 1 is 1.23 bits per heavy atom. The molecule has 1 aliphatic rings. The van der Waals surface area contributed by atoms with Crippen LogP contribution in [0.3, 0.4) is 0 Å². The normalized spacial score (nSPS) is 16.0. The van der Waals surface area contributed by atoms with Gasteiger partial charge in [0.2, 0.25) is 10.0 Å². The van der Waals surface area contributed by atoms with Gasteiger partial charge in [0, 0.05) is 38.3 Å². The van der Waals surface area contributed by atoms with Crippen LogP contribution in [0.4, 0.5) is 0 Å². The van der Waals surface area contributed by atoms with Crippen LogP contribution >= 0.6 is 22.9 Å². The number of benzene rings is 1. The third-order valence-corrected chi connectivity index (χ3v) is 7.01. The van der Waals surface area contributed by atoms with Crippen molar-refractivity contribution in [2.75, 3.05) is 33.2 Å². The minimum atomic E-state index is -3.71. The molecule has 2 aromatic rings. The molecule has 1 aliphatic heterocycles. The highest BCUT2D eigenvalue weighted by molar-refractivity contribution is 7.89. The zero-order valence-electron chi connectivity index (χ0n) is 14.3. The molecule has 1 aromatic heterocycles. The average Bonchev–Trinajstić information content (AvgIpc) is 3.15. The summed E-state index contributed by atoms with van der Waals surface area (Å²) in [5.41, 5.74) is 1.61. The van der Waals surface area contributed by atoms with Gasteiger partial charge in [-0.2, -0.15) is 11.3 Å². The van der Waals surface area contributed by atoms with Crippen molar-refractivity contribution in [3.63, 3.8) is 0 Å². The number of hydrogen-bond acceptors (Lipinski definition) is 5. The summed E-state index contributed by atoms with van der Waals surface area (Å²) in [5.74, 6) is -0.176. The molecule has 0 radical (unpaired) electrons. The second-order valence-corrected chi connectivity index (χ2v) is 9.09. The van der Waals surface area contributed by atoms with E-state index in [0.717, 1.165) is 19.6 Å². The summed E-state index contributed by atoms with van der Waals surface area (Å²) in [6, 6.07) is 6.47. The van der Waals surface area contributed by atoms with Crippen LogP contribution in [0.15, 0.2) is 39.9 Å². The van der Waals surface area contributed by atoms with Gasteiger partial charge in [-0.25, -0.2) is 13.1 Å². The van der Waals surface area contributed by atoms with Gasteiger partial charge in [0.05, 0.1) is 5.02 Å². The summed E-state index contributed by atoms with van der Waals surface area (Å²) in [7, 11) is -2.40. The Morgan fingerprint density at radius 2 is 1.96 bits per heavy atom. The van der Waals surface area contributed by atoms with Gasteiger partial charge in [-0.05, 0) is 47.6 Å². The highest BCUT2D eigenvalue weighted by Crippen LogP contribution is 2.23. The lowest BCUT2D eigenvalue weighted by Crippen LogP contribution is -2.48. The van der Waals surface area contributed by atoms with E-state index in [1.54, 1.807) is 22.3 Å². The third kappa shape index (κ3) is 4.27. The molecule has 6 nitrogen and oxygen atoms in total. The Balaban J connectivity index is 1.68. The first-order valence-electron chi connectivity index (χ1n) is 8.16. The fraction of sp³-hybridized carbons (Fsp3) is 0.353. The molecule has 0 spiro atoms. The maximum Gasteiger partial charge on any atom is 0.253 e. The lowest BCUT2D eigenvalue weighted by Gasteiger charge is -2.34. The van der Waals surface area contributed by atoms with Crippen LogP contribution < -0.4 is 4.72 Å².